The summed E-state index contributed by atoms with van der Waals surface area (Å²) in [6, 6.07) is 6.16. The number of ether oxygens (including phenoxy) is 1. The quantitative estimate of drug-likeness (QED) is 0.724. The first-order valence-electron chi connectivity index (χ1n) is 11.2. The van der Waals surface area contributed by atoms with Crippen LogP contribution in [0.4, 0.5) is 4.39 Å². The van der Waals surface area contributed by atoms with Gasteiger partial charge in [0, 0.05) is 38.8 Å². The van der Waals surface area contributed by atoms with E-state index in [1.807, 2.05) is 9.80 Å². The molecule has 3 amide bonds. The molecule has 31 heavy (non-hydrogen) atoms. The first kappa shape index (κ1) is 21.7. The standard InChI is InChI=1S/C23H30FN3O4/c24-19-5-3-17(4-6-19)14-21(28)26-9-1-2-18(15-26)23(30)25-10-7-20(8-11-25)27-12-13-31-16-22(27)29/h3-6,18,20H,1-2,7-16H2. The summed E-state index contributed by atoms with van der Waals surface area (Å²) in [6.07, 6.45) is 3.40. The number of rotatable bonds is 4. The fourth-order valence-electron chi connectivity index (χ4n) is 4.87. The van der Waals surface area contributed by atoms with Gasteiger partial charge in [0.15, 0.2) is 0 Å². The number of amides is 3. The van der Waals surface area contributed by atoms with Crippen molar-refractivity contribution in [2.24, 2.45) is 5.92 Å². The zero-order valence-electron chi connectivity index (χ0n) is 17.8. The van der Waals surface area contributed by atoms with E-state index in [2.05, 4.69) is 0 Å². The lowest BCUT2D eigenvalue weighted by atomic mass is 9.94. The van der Waals surface area contributed by atoms with Crippen molar-refractivity contribution in [3.63, 3.8) is 0 Å². The van der Waals surface area contributed by atoms with Crippen LogP contribution in [0.1, 0.15) is 31.2 Å². The van der Waals surface area contributed by atoms with E-state index in [1.165, 1.54) is 12.1 Å². The summed E-state index contributed by atoms with van der Waals surface area (Å²) in [5.41, 5.74) is 0.777. The number of morpholine rings is 1. The number of benzene rings is 1. The van der Waals surface area contributed by atoms with Crippen LogP contribution in [0.3, 0.4) is 0 Å². The number of hydrogen-bond acceptors (Lipinski definition) is 4. The Balaban J connectivity index is 1.28. The molecule has 3 aliphatic heterocycles. The van der Waals surface area contributed by atoms with E-state index in [0.717, 1.165) is 31.2 Å². The molecule has 1 atom stereocenters. The van der Waals surface area contributed by atoms with Gasteiger partial charge in [-0.1, -0.05) is 12.1 Å². The minimum atomic E-state index is -0.318. The number of halogens is 1. The predicted molar refractivity (Wildman–Crippen MR) is 112 cm³/mol. The molecule has 0 aromatic heterocycles. The van der Waals surface area contributed by atoms with Crippen molar-refractivity contribution < 1.29 is 23.5 Å². The molecule has 0 spiro atoms. The fourth-order valence-corrected chi connectivity index (χ4v) is 4.87. The highest BCUT2D eigenvalue weighted by atomic mass is 19.1. The van der Waals surface area contributed by atoms with Gasteiger partial charge in [-0.15, -0.1) is 0 Å². The Morgan fingerprint density at radius 3 is 2.45 bits per heavy atom. The Kier molecular flexibility index (Phi) is 6.85. The number of carbonyl (C=O) groups excluding carboxylic acids is 3. The van der Waals surface area contributed by atoms with Gasteiger partial charge < -0.3 is 19.4 Å². The maximum absolute atomic E-state index is 13.1. The van der Waals surface area contributed by atoms with Gasteiger partial charge in [0.1, 0.15) is 12.4 Å². The molecule has 4 rings (SSSR count). The fraction of sp³-hybridized carbons (Fsp3) is 0.609. The zero-order chi connectivity index (χ0) is 21.8. The second kappa shape index (κ2) is 9.77. The lowest BCUT2D eigenvalue weighted by Gasteiger charge is -2.41. The molecule has 0 saturated carbocycles. The third-order valence-corrected chi connectivity index (χ3v) is 6.63. The molecule has 1 aromatic carbocycles. The van der Waals surface area contributed by atoms with Crippen molar-refractivity contribution in [3.05, 3.63) is 35.6 Å². The lowest BCUT2D eigenvalue weighted by Crippen LogP contribution is -2.54. The molecule has 0 aliphatic carbocycles. The minimum absolute atomic E-state index is 0.0198. The van der Waals surface area contributed by atoms with E-state index < -0.39 is 0 Å². The van der Waals surface area contributed by atoms with Crippen LogP contribution in [-0.4, -0.2) is 84.4 Å². The van der Waals surface area contributed by atoms with Crippen LogP contribution in [0.2, 0.25) is 0 Å². The summed E-state index contributed by atoms with van der Waals surface area (Å²) in [4.78, 5) is 43.5. The normalized spacial score (nSPS) is 23.2. The largest absolute Gasteiger partial charge is 0.370 e. The summed E-state index contributed by atoms with van der Waals surface area (Å²) in [5, 5.41) is 0. The Morgan fingerprint density at radius 2 is 1.74 bits per heavy atom. The van der Waals surface area contributed by atoms with Crippen molar-refractivity contribution in [1.29, 1.82) is 0 Å². The molecule has 0 radical (unpaired) electrons. The van der Waals surface area contributed by atoms with Crippen LogP contribution in [0.15, 0.2) is 24.3 Å². The van der Waals surface area contributed by atoms with Crippen molar-refractivity contribution >= 4 is 17.7 Å². The first-order valence-corrected chi connectivity index (χ1v) is 11.2. The molecule has 0 N–H and O–H groups in total. The number of piperidine rings is 2. The molecule has 1 aromatic rings. The predicted octanol–water partition coefficient (Wildman–Crippen LogP) is 1.46. The zero-order valence-corrected chi connectivity index (χ0v) is 17.8. The maximum Gasteiger partial charge on any atom is 0.248 e. The molecular formula is C23H30FN3O4. The second-order valence-corrected chi connectivity index (χ2v) is 8.68. The van der Waals surface area contributed by atoms with Gasteiger partial charge in [-0.3, -0.25) is 14.4 Å². The highest BCUT2D eigenvalue weighted by molar-refractivity contribution is 5.82. The Labute approximate surface area is 182 Å². The third kappa shape index (κ3) is 5.23. The van der Waals surface area contributed by atoms with Gasteiger partial charge in [-0.2, -0.15) is 0 Å². The molecule has 168 valence electrons. The van der Waals surface area contributed by atoms with E-state index in [0.29, 0.717) is 39.3 Å². The number of hydrogen-bond donors (Lipinski definition) is 0. The van der Waals surface area contributed by atoms with Gasteiger partial charge >= 0.3 is 0 Å². The van der Waals surface area contributed by atoms with E-state index >= 15 is 0 Å². The Hall–Kier alpha value is -2.48. The van der Waals surface area contributed by atoms with Crippen LogP contribution in [0.5, 0.6) is 0 Å². The smallest absolute Gasteiger partial charge is 0.248 e. The molecule has 0 bridgehead atoms. The minimum Gasteiger partial charge on any atom is -0.370 e. The molecule has 3 saturated heterocycles. The van der Waals surface area contributed by atoms with Crippen molar-refractivity contribution in [2.45, 2.75) is 38.1 Å². The van der Waals surface area contributed by atoms with Gasteiger partial charge in [0.2, 0.25) is 17.7 Å². The average molecular weight is 432 g/mol. The third-order valence-electron chi connectivity index (χ3n) is 6.63. The van der Waals surface area contributed by atoms with E-state index in [9.17, 15) is 18.8 Å². The van der Waals surface area contributed by atoms with Gasteiger partial charge in [-0.05, 0) is 43.4 Å². The van der Waals surface area contributed by atoms with Gasteiger partial charge in [0.05, 0.1) is 18.9 Å². The summed E-state index contributed by atoms with van der Waals surface area (Å²) in [6.45, 7) is 3.76. The van der Waals surface area contributed by atoms with Gasteiger partial charge in [-0.25, -0.2) is 4.39 Å². The molecule has 1 unspecified atom stereocenters. The summed E-state index contributed by atoms with van der Waals surface area (Å²) >= 11 is 0. The molecule has 3 fully saturated rings. The number of likely N-dealkylation sites (tertiary alicyclic amines) is 2. The first-order chi connectivity index (χ1) is 15.0. The monoisotopic (exact) mass is 431 g/mol. The number of nitrogens with zero attached hydrogens (tertiary/aromatic N) is 3. The maximum atomic E-state index is 13.1. The van der Waals surface area contributed by atoms with Crippen LogP contribution in [0, 0.1) is 11.7 Å². The van der Waals surface area contributed by atoms with Crippen LogP contribution >= 0.6 is 0 Å². The van der Waals surface area contributed by atoms with E-state index in [1.54, 1.807) is 17.0 Å². The van der Waals surface area contributed by atoms with Crippen LogP contribution in [-0.2, 0) is 25.5 Å². The second-order valence-electron chi connectivity index (χ2n) is 8.68. The highest BCUT2D eigenvalue weighted by Crippen LogP contribution is 2.24. The highest BCUT2D eigenvalue weighted by Gasteiger charge is 2.35. The summed E-state index contributed by atoms with van der Waals surface area (Å²) < 4.78 is 18.3. The van der Waals surface area contributed by atoms with E-state index in [-0.39, 0.29) is 48.5 Å². The molecule has 8 heteroatoms. The van der Waals surface area contributed by atoms with Crippen molar-refractivity contribution in [2.75, 3.05) is 45.9 Å². The van der Waals surface area contributed by atoms with Crippen LogP contribution in [0.25, 0.3) is 0 Å². The van der Waals surface area contributed by atoms with Crippen molar-refractivity contribution in [1.82, 2.24) is 14.7 Å². The number of carbonyl (C=O) groups is 3. The molecular weight excluding hydrogens is 401 g/mol. The van der Waals surface area contributed by atoms with Gasteiger partial charge in [0.25, 0.3) is 0 Å². The SMILES string of the molecule is O=C(Cc1ccc(F)cc1)N1CCCC(C(=O)N2CCC(N3CCOCC3=O)CC2)C1. The van der Waals surface area contributed by atoms with Crippen LogP contribution < -0.4 is 0 Å². The Morgan fingerprint density at radius 1 is 1.00 bits per heavy atom. The topological polar surface area (TPSA) is 70.2 Å². The summed E-state index contributed by atoms with van der Waals surface area (Å²) in [7, 11) is 0. The Bertz CT molecular complexity index is 808. The average Bonchev–Trinajstić information content (AvgIpc) is 2.80. The van der Waals surface area contributed by atoms with Crippen molar-refractivity contribution in [3.8, 4) is 0 Å². The lowest BCUT2D eigenvalue weighted by molar-refractivity contribution is -0.148. The summed E-state index contributed by atoms with van der Waals surface area (Å²) in [5.74, 6) is -0.354. The molecule has 7 nitrogen and oxygen atoms in total. The molecule has 3 aliphatic rings. The van der Waals surface area contributed by atoms with E-state index in [4.69, 9.17) is 4.74 Å². The molecule has 3 heterocycles.